The van der Waals surface area contributed by atoms with E-state index in [1.165, 1.54) is 16.4 Å². The molecule has 3 heterocycles. The van der Waals surface area contributed by atoms with Gasteiger partial charge in [0.2, 0.25) is 15.9 Å². The number of nitriles is 1. The van der Waals surface area contributed by atoms with E-state index in [-0.39, 0.29) is 17.3 Å². The van der Waals surface area contributed by atoms with Gasteiger partial charge in [0.15, 0.2) is 0 Å². The summed E-state index contributed by atoms with van der Waals surface area (Å²) in [5.41, 5.74) is 4.58. The lowest BCUT2D eigenvalue weighted by atomic mass is 9.97. The van der Waals surface area contributed by atoms with Crippen LogP contribution in [0.1, 0.15) is 36.1 Å². The predicted octanol–water partition coefficient (Wildman–Crippen LogP) is 3.92. The van der Waals surface area contributed by atoms with Crippen LogP contribution in [0.15, 0.2) is 59.5 Å². The van der Waals surface area contributed by atoms with Crippen molar-refractivity contribution in [2.75, 3.05) is 26.2 Å². The third-order valence-electron chi connectivity index (χ3n) is 7.08. The Hall–Kier alpha value is -3.41. The Kier molecular flexibility index (Phi) is 6.22. The maximum atomic E-state index is 13.2. The Bertz CT molecular complexity index is 1470. The Morgan fingerprint density at radius 1 is 1.06 bits per heavy atom. The molecular formula is C27H28N4O3S. The highest BCUT2D eigenvalue weighted by atomic mass is 32.2. The van der Waals surface area contributed by atoms with Crippen molar-refractivity contribution >= 4 is 32.4 Å². The first-order valence-corrected chi connectivity index (χ1v) is 13.4. The molecule has 1 aromatic heterocycles. The van der Waals surface area contributed by atoms with E-state index in [0.717, 1.165) is 53.7 Å². The summed E-state index contributed by atoms with van der Waals surface area (Å²) in [6, 6.07) is 16.3. The molecule has 0 aliphatic carbocycles. The van der Waals surface area contributed by atoms with Gasteiger partial charge < -0.3 is 9.47 Å². The molecule has 1 saturated heterocycles. The van der Waals surface area contributed by atoms with Gasteiger partial charge in [0.25, 0.3) is 0 Å². The standard InChI is InChI=1S/C27H28N4O3S/c1-20-27(24-9-2-3-10-25(24)31(20)19-26(32)29-13-4-5-14-29)22-11-15-30(16-12-22)35(33,34)23-8-6-7-21(17-23)18-28/h2-3,6-11,17H,4-5,12-16,19H2,1H3. The average Bonchev–Trinajstić information content (AvgIpc) is 3.51. The number of carbonyl (C=O) groups excluding carboxylic acids is 1. The molecule has 3 aromatic rings. The van der Waals surface area contributed by atoms with Crippen molar-refractivity contribution in [3.05, 3.63) is 71.4 Å². The summed E-state index contributed by atoms with van der Waals surface area (Å²) in [5.74, 6) is 0.146. The zero-order valence-corrected chi connectivity index (χ0v) is 20.6. The number of fused-ring (bicyclic) bond motifs is 1. The van der Waals surface area contributed by atoms with Crippen molar-refractivity contribution < 1.29 is 13.2 Å². The first-order chi connectivity index (χ1) is 16.9. The quantitative estimate of drug-likeness (QED) is 0.545. The van der Waals surface area contributed by atoms with Gasteiger partial charge in [-0.1, -0.05) is 30.3 Å². The normalized spacial score (nSPS) is 16.9. The van der Waals surface area contributed by atoms with Crippen LogP contribution >= 0.6 is 0 Å². The molecule has 5 rings (SSSR count). The maximum absolute atomic E-state index is 13.2. The van der Waals surface area contributed by atoms with E-state index in [0.29, 0.717) is 25.1 Å². The van der Waals surface area contributed by atoms with Gasteiger partial charge in [0, 0.05) is 48.3 Å². The number of amides is 1. The van der Waals surface area contributed by atoms with Gasteiger partial charge in [0.1, 0.15) is 6.54 Å². The fourth-order valence-corrected chi connectivity index (χ4v) is 6.64. The Balaban J connectivity index is 1.45. The van der Waals surface area contributed by atoms with E-state index in [1.807, 2.05) is 42.2 Å². The number of benzene rings is 2. The minimum Gasteiger partial charge on any atom is -0.341 e. The van der Waals surface area contributed by atoms with Gasteiger partial charge in [-0.15, -0.1) is 0 Å². The monoisotopic (exact) mass is 488 g/mol. The average molecular weight is 489 g/mol. The van der Waals surface area contributed by atoms with Crippen molar-refractivity contribution in [2.45, 2.75) is 37.6 Å². The van der Waals surface area contributed by atoms with E-state index in [2.05, 4.69) is 10.6 Å². The molecule has 0 spiro atoms. The van der Waals surface area contributed by atoms with Gasteiger partial charge >= 0.3 is 0 Å². The molecule has 1 amide bonds. The lowest BCUT2D eigenvalue weighted by molar-refractivity contribution is -0.130. The summed E-state index contributed by atoms with van der Waals surface area (Å²) in [6.45, 7) is 4.64. The van der Waals surface area contributed by atoms with E-state index < -0.39 is 10.0 Å². The first-order valence-electron chi connectivity index (χ1n) is 12.0. The summed E-state index contributed by atoms with van der Waals surface area (Å²) >= 11 is 0. The maximum Gasteiger partial charge on any atom is 0.243 e. The lowest BCUT2D eigenvalue weighted by Gasteiger charge is -2.26. The second-order valence-electron chi connectivity index (χ2n) is 9.13. The second kappa shape index (κ2) is 9.33. The van der Waals surface area contributed by atoms with Crippen LogP contribution in [0.5, 0.6) is 0 Å². The summed E-state index contributed by atoms with van der Waals surface area (Å²) in [5, 5.41) is 10.2. The van der Waals surface area contributed by atoms with Gasteiger partial charge in [-0.3, -0.25) is 4.79 Å². The minimum atomic E-state index is -3.69. The summed E-state index contributed by atoms with van der Waals surface area (Å²) in [7, 11) is -3.69. The molecular weight excluding hydrogens is 460 g/mol. The van der Waals surface area contributed by atoms with Crippen molar-refractivity contribution in [1.29, 1.82) is 5.26 Å². The lowest BCUT2D eigenvalue weighted by Crippen LogP contribution is -2.34. The van der Waals surface area contributed by atoms with Crippen LogP contribution in [0.2, 0.25) is 0 Å². The van der Waals surface area contributed by atoms with E-state index in [1.54, 1.807) is 12.1 Å². The van der Waals surface area contributed by atoms with E-state index in [4.69, 9.17) is 5.26 Å². The van der Waals surface area contributed by atoms with Crippen molar-refractivity contribution in [3.8, 4) is 6.07 Å². The molecule has 0 saturated carbocycles. The molecule has 2 aromatic carbocycles. The number of rotatable bonds is 5. The molecule has 0 radical (unpaired) electrons. The number of para-hydroxylation sites is 1. The van der Waals surface area contributed by atoms with Crippen LogP contribution in [-0.2, 0) is 21.4 Å². The Labute approximate surface area is 205 Å². The fraction of sp³-hybridized carbons (Fsp3) is 0.333. The van der Waals surface area contributed by atoms with E-state index in [9.17, 15) is 13.2 Å². The number of likely N-dealkylation sites (tertiary alicyclic amines) is 1. The van der Waals surface area contributed by atoms with Crippen molar-refractivity contribution in [3.63, 3.8) is 0 Å². The van der Waals surface area contributed by atoms with Gasteiger partial charge in [-0.05, 0) is 56.0 Å². The molecule has 1 fully saturated rings. The zero-order chi connectivity index (χ0) is 24.6. The molecule has 0 N–H and O–H groups in total. The Morgan fingerprint density at radius 2 is 1.83 bits per heavy atom. The minimum absolute atomic E-state index is 0.140. The Morgan fingerprint density at radius 3 is 2.54 bits per heavy atom. The molecule has 180 valence electrons. The van der Waals surface area contributed by atoms with Gasteiger partial charge in [-0.25, -0.2) is 8.42 Å². The molecule has 2 aliphatic heterocycles. The van der Waals surface area contributed by atoms with Crippen LogP contribution in [0.3, 0.4) is 0 Å². The topological polar surface area (TPSA) is 86.4 Å². The van der Waals surface area contributed by atoms with Crippen LogP contribution in [0.25, 0.3) is 16.5 Å². The van der Waals surface area contributed by atoms with Crippen molar-refractivity contribution in [1.82, 2.24) is 13.8 Å². The number of hydrogen-bond acceptors (Lipinski definition) is 4. The fourth-order valence-electron chi connectivity index (χ4n) is 5.21. The number of carbonyl (C=O) groups is 1. The molecule has 0 atom stereocenters. The largest absolute Gasteiger partial charge is 0.341 e. The van der Waals surface area contributed by atoms with Crippen LogP contribution in [-0.4, -0.2) is 54.3 Å². The molecule has 35 heavy (non-hydrogen) atoms. The molecule has 7 nitrogen and oxygen atoms in total. The summed E-state index contributed by atoms with van der Waals surface area (Å²) in [4.78, 5) is 15.0. The van der Waals surface area contributed by atoms with Crippen LogP contribution in [0.4, 0.5) is 0 Å². The first kappa shape index (κ1) is 23.3. The molecule has 0 unspecified atom stereocenters. The highest BCUT2D eigenvalue weighted by molar-refractivity contribution is 7.89. The van der Waals surface area contributed by atoms with Crippen LogP contribution < -0.4 is 0 Å². The zero-order valence-electron chi connectivity index (χ0n) is 19.8. The highest BCUT2D eigenvalue weighted by Crippen LogP contribution is 2.35. The SMILES string of the molecule is Cc1c(C2=CCN(S(=O)(=O)c3cccc(C#N)c3)CC2)c2ccccc2n1CC(=O)N1CCCC1. The highest BCUT2D eigenvalue weighted by Gasteiger charge is 2.29. The van der Waals surface area contributed by atoms with Crippen molar-refractivity contribution in [2.24, 2.45) is 0 Å². The van der Waals surface area contributed by atoms with E-state index >= 15 is 0 Å². The number of hydrogen-bond donors (Lipinski definition) is 0. The van der Waals surface area contributed by atoms with Gasteiger partial charge in [0.05, 0.1) is 16.5 Å². The van der Waals surface area contributed by atoms with Gasteiger partial charge in [-0.2, -0.15) is 9.57 Å². The third-order valence-corrected chi connectivity index (χ3v) is 8.94. The number of aromatic nitrogens is 1. The predicted molar refractivity (Wildman–Crippen MR) is 135 cm³/mol. The molecule has 2 aliphatic rings. The third kappa shape index (κ3) is 4.26. The second-order valence-corrected chi connectivity index (χ2v) is 11.1. The number of sulfonamides is 1. The van der Waals surface area contributed by atoms with Crippen LogP contribution in [0, 0.1) is 18.3 Å². The molecule has 0 bridgehead atoms. The number of nitrogens with zero attached hydrogens (tertiary/aromatic N) is 4. The molecule has 8 heteroatoms. The smallest absolute Gasteiger partial charge is 0.243 e. The summed E-state index contributed by atoms with van der Waals surface area (Å²) in [6.07, 6.45) is 4.69. The summed E-state index contributed by atoms with van der Waals surface area (Å²) < 4.78 is 29.9.